The number of hydrogen-bond acceptors (Lipinski definition) is 4. The maximum absolute atomic E-state index is 13.0. The summed E-state index contributed by atoms with van der Waals surface area (Å²) in [5, 5.41) is 5.99. The van der Waals surface area contributed by atoms with E-state index in [1.54, 1.807) is 4.90 Å². The molecule has 2 fully saturated rings. The van der Waals surface area contributed by atoms with Crippen molar-refractivity contribution in [1.82, 2.24) is 10.2 Å². The van der Waals surface area contributed by atoms with Gasteiger partial charge in [-0.1, -0.05) is 11.6 Å². The third kappa shape index (κ3) is 4.52. The molecule has 1 aromatic rings. The van der Waals surface area contributed by atoms with Gasteiger partial charge in [0.2, 0.25) is 11.8 Å². The molecule has 2 saturated heterocycles. The first-order valence-electron chi connectivity index (χ1n) is 9.11. The average Bonchev–Trinajstić information content (AvgIpc) is 2.62. The highest BCUT2D eigenvalue weighted by atomic mass is 35.5. The molecule has 2 aliphatic rings. The molecule has 6 nitrogen and oxygen atoms in total. The van der Waals surface area contributed by atoms with Crippen molar-refractivity contribution >= 4 is 29.1 Å². The summed E-state index contributed by atoms with van der Waals surface area (Å²) in [6.07, 6.45) is -2.85. The Morgan fingerprint density at radius 3 is 2.71 bits per heavy atom. The van der Waals surface area contributed by atoms with Crippen LogP contribution in [0.1, 0.15) is 24.8 Å². The number of rotatable bonds is 4. The number of carbonyl (C=O) groups is 2. The molecule has 0 aromatic heterocycles. The monoisotopic (exact) mass is 418 g/mol. The number of primary amides is 1. The molecule has 2 amide bonds. The number of halogens is 4. The minimum Gasteiger partial charge on any atom is -0.374 e. The Balaban J connectivity index is 1.78. The highest BCUT2D eigenvalue weighted by Gasteiger charge is 2.40. The van der Waals surface area contributed by atoms with Crippen LogP contribution >= 0.6 is 11.6 Å². The van der Waals surface area contributed by atoms with E-state index in [1.807, 2.05) is 0 Å². The van der Waals surface area contributed by atoms with Crippen molar-refractivity contribution in [2.45, 2.75) is 37.5 Å². The first kappa shape index (κ1) is 20.7. The van der Waals surface area contributed by atoms with Gasteiger partial charge in [-0.2, -0.15) is 13.2 Å². The molecule has 0 radical (unpaired) electrons. The van der Waals surface area contributed by atoms with Crippen molar-refractivity contribution in [1.29, 1.82) is 0 Å². The standard InChI is InChI=1S/C18H22ClF3N4O2/c19-11-6-10(18(20,21)22)7-12(8-11)25-14-2-1-5-26(17(14)28)15-9-24-4-3-13(15)16(23)27/h6-8,13-15,24-25H,1-5,9H2,(H2,23,27)/t13-,14?,15-/m0/s1. The van der Waals surface area contributed by atoms with Crippen LogP contribution in [0, 0.1) is 5.92 Å². The quantitative estimate of drug-likeness (QED) is 0.699. The lowest BCUT2D eigenvalue weighted by Crippen LogP contribution is -2.60. The summed E-state index contributed by atoms with van der Waals surface area (Å²) in [4.78, 5) is 26.4. The van der Waals surface area contributed by atoms with Crippen molar-refractivity contribution in [2.75, 3.05) is 25.0 Å². The van der Waals surface area contributed by atoms with Gasteiger partial charge in [0.05, 0.1) is 17.5 Å². The third-order valence-electron chi connectivity index (χ3n) is 5.25. The van der Waals surface area contributed by atoms with E-state index in [9.17, 15) is 22.8 Å². The van der Waals surface area contributed by atoms with E-state index in [0.717, 1.165) is 12.1 Å². The summed E-state index contributed by atoms with van der Waals surface area (Å²) in [5.74, 6) is -1.13. The molecule has 10 heteroatoms. The summed E-state index contributed by atoms with van der Waals surface area (Å²) in [6.45, 7) is 1.59. The molecule has 154 valence electrons. The number of amides is 2. The molecule has 0 aliphatic carbocycles. The molecule has 2 aliphatic heterocycles. The lowest BCUT2D eigenvalue weighted by Gasteiger charge is -2.43. The highest BCUT2D eigenvalue weighted by molar-refractivity contribution is 6.31. The molecule has 4 N–H and O–H groups in total. The fourth-order valence-corrected chi connectivity index (χ4v) is 4.14. The molecule has 28 heavy (non-hydrogen) atoms. The highest BCUT2D eigenvalue weighted by Crippen LogP contribution is 2.34. The van der Waals surface area contributed by atoms with Gasteiger partial charge in [-0.3, -0.25) is 9.59 Å². The van der Waals surface area contributed by atoms with Gasteiger partial charge in [-0.25, -0.2) is 0 Å². The second-order valence-electron chi connectivity index (χ2n) is 7.17. The van der Waals surface area contributed by atoms with Crippen LogP contribution in [0.3, 0.4) is 0 Å². The maximum atomic E-state index is 13.0. The molecule has 3 atom stereocenters. The number of likely N-dealkylation sites (tertiary alicyclic amines) is 1. The Morgan fingerprint density at radius 1 is 1.29 bits per heavy atom. The molecular formula is C18H22ClF3N4O2. The number of alkyl halides is 3. The maximum Gasteiger partial charge on any atom is 0.416 e. The van der Waals surface area contributed by atoms with E-state index in [4.69, 9.17) is 17.3 Å². The largest absolute Gasteiger partial charge is 0.416 e. The van der Waals surface area contributed by atoms with Crippen LogP contribution in [-0.2, 0) is 15.8 Å². The van der Waals surface area contributed by atoms with Gasteiger partial charge in [-0.05, 0) is 44.0 Å². The molecule has 3 rings (SSSR count). The van der Waals surface area contributed by atoms with Crippen LogP contribution in [0.5, 0.6) is 0 Å². The summed E-state index contributed by atoms with van der Waals surface area (Å²) in [5.41, 5.74) is 4.75. The van der Waals surface area contributed by atoms with E-state index >= 15 is 0 Å². The van der Waals surface area contributed by atoms with Crippen LogP contribution < -0.4 is 16.4 Å². The second kappa shape index (κ2) is 8.16. The van der Waals surface area contributed by atoms with Crippen molar-refractivity contribution in [2.24, 2.45) is 11.7 Å². The molecule has 0 spiro atoms. The van der Waals surface area contributed by atoms with Crippen molar-refractivity contribution in [3.63, 3.8) is 0 Å². The van der Waals surface area contributed by atoms with E-state index in [0.29, 0.717) is 38.9 Å². The summed E-state index contributed by atoms with van der Waals surface area (Å²) >= 11 is 5.82. The normalized spacial score (nSPS) is 26.2. The van der Waals surface area contributed by atoms with Crippen LogP contribution in [0.4, 0.5) is 18.9 Å². The fraction of sp³-hybridized carbons (Fsp3) is 0.556. The number of anilines is 1. The molecule has 0 saturated carbocycles. The Hall–Kier alpha value is -2.00. The molecule has 1 unspecified atom stereocenters. The Bertz CT molecular complexity index is 759. The number of nitrogens with two attached hydrogens (primary N) is 1. The van der Waals surface area contributed by atoms with Crippen LogP contribution in [0.15, 0.2) is 18.2 Å². The number of piperidine rings is 2. The first-order valence-corrected chi connectivity index (χ1v) is 9.49. The topological polar surface area (TPSA) is 87.5 Å². The van der Waals surface area contributed by atoms with Gasteiger partial charge in [0.1, 0.15) is 6.04 Å². The van der Waals surface area contributed by atoms with Crippen molar-refractivity contribution in [3.05, 3.63) is 28.8 Å². The van der Waals surface area contributed by atoms with Gasteiger partial charge in [-0.15, -0.1) is 0 Å². The SMILES string of the molecule is NC(=O)[C@H]1CCNC[C@@H]1N1CCCC(Nc2cc(Cl)cc(C(F)(F)F)c2)C1=O. The minimum absolute atomic E-state index is 0.0669. The smallest absolute Gasteiger partial charge is 0.374 e. The van der Waals surface area contributed by atoms with Gasteiger partial charge >= 0.3 is 6.18 Å². The molecular weight excluding hydrogens is 397 g/mol. The summed E-state index contributed by atoms with van der Waals surface area (Å²) in [6, 6.07) is 2.09. The molecule has 2 heterocycles. The Kier molecular flexibility index (Phi) is 6.04. The number of benzene rings is 1. The minimum atomic E-state index is -4.54. The number of nitrogens with one attached hydrogen (secondary N) is 2. The van der Waals surface area contributed by atoms with E-state index in [1.165, 1.54) is 6.07 Å². The zero-order valence-electron chi connectivity index (χ0n) is 15.1. The second-order valence-corrected chi connectivity index (χ2v) is 7.60. The lowest BCUT2D eigenvalue weighted by atomic mass is 9.88. The zero-order chi connectivity index (χ0) is 20.5. The summed E-state index contributed by atoms with van der Waals surface area (Å²) in [7, 11) is 0. The van der Waals surface area contributed by atoms with E-state index in [-0.39, 0.29) is 22.7 Å². The predicted octanol–water partition coefficient (Wildman–Crippen LogP) is 2.23. The molecule has 1 aromatic carbocycles. The number of hydrogen-bond donors (Lipinski definition) is 3. The van der Waals surface area contributed by atoms with Gasteiger partial charge in [0.25, 0.3) is 0 Å². The number of carbonyl (C=O) groups excluding carboxylic acids is 2. The van der Waals surface area contributed by atoms with Crippen LogP contribution in [0.25, 0.3) is 0 Å². The zero-order valence-corrected chi connectivity index (χ0v) is 15.8. The van der Waals surface area contributed by atoms with Crippen LogP contribution in [-0.4, -0.2) is 48.4 Å². The number of nitrogens with zero attached hydrogens (tertiary/aromatic N) is 1. The predicted molar refractivity (Wildman–Crippen MR) is 98.8 cm³/mol. The Morgan fingerprint density at radius 2 is 2.04 bits per heavy atom. The van der Waals surface area contributed by atoms with Crippen molar-refractivity contribution < 1.29 is 22.8 Å². The van der Waals surface area contributed by atoms with E-state index in [2.05, 4.69) is 10.6 Å². The van der Waals surface area contributed by atoms with Gasteiger partial charge < -0.3 is 21.3 Å². The lowest BCUT2D eigenvalue weighted by molar-refractivity contribution is -0.140. The third-order valence-corrected chi connectivity index (χ3v) is 5.47. The van der Waals surface area contributed by atoms with Crippen molar-refractivity contribution in [3.8, 4) is 0 Å². The van der Waals surface area contributed by atoms with Crippen LogP contribution in [0.2, 0.25) is 5.02 Å². The van der Waals surface area contributed by atoms with Gasteiger partial charge in [0, 0.05) is 23.8 Å². The van der Waals surface area contributed by atoms with Gasteiger partial charge in [0.15, 0.2) is 0 Å². The fourth-order valence-electron chi connectivity index (χ4n) is 3.90. The molecule has 0 bridgehead atoms. The first-order chi connectivity index (χ1) is 13.2. The average molecular weight is 419 g/mol. The van der Waals surface area contributed by atoms with E-state index < -0.39 is 29.6 Å². The summed E-state index contributed by atoms with van der Waals surface area (Å²) < 4.78 is 39.0. The Labute approximate surface area is 165 Å².